The van der Waals surface area contributed by atoms with Crippen molar-refractivity contribution in [2.75, 3.05) is 48.7 Å². The lowest BCUT2D eigenvalue weighted by atomic mass is 9.87. The van der Waals surface area contributed by atoms with Gasteiger partial charge < -0.3 is 31.3 Å². The second-order valence-electron chi connectivity index (χ2n) is 14.0. The lowest BCUT2D eigenvalue weighted by Gasteiger charge is -2.38. The second kappa shape index (κ2) is 13.9. The third-order valence-electron chi connectivity index (χ3n) is 10.7. The number of carbonyl (C=O) groups is 1. The Morgan fingerprint density at radius 2 is 1.54 bits per heavy atom. The minimum atomic E-state index is -0.499. The van der Waals surface area contributed by atoms with Gasteiger partial charge in [0.15, 0.2) is 0 Å². The number of aryl methyl sites for hydroxylation is 2. The molecule has 9 heteroatoms. The third-order valence-corrected chi connectivity index (χ3v) is 10.7. The molecule has 0 aliphatic carbocycles. The molecule has 1 amide bonds. The average molecular weight is 668 g/mol. The summed E-state index contributed by atoms with van der Waals surface area (Å²) in [4.78, 5) is 18.1. The molecule has 3 aliphatic heterocycles. The summed E-state index contributed by atoms with van der Waals surface area (Å²) >= 11 is 0. The van der Waals surface area contributed by atoms with Crippen molar-refractivity contribution >= 4 is 28.8 Å². The Bertz CT molecular complexity index is 1940. The van der Waals surface area contributed by atoms with Crippen LogP contribution >= 0.6 is 0 Å². The van der Waals surface area contributed by atoms with E-state index >= 15 is 0 Å². The van der Waals surface area contributed by atoms with Crippen LogP contribution in [0.4, 0.5) is 22.9 Å². The molecule has 4 heterocycles. The first kappa shape index (κ1) is 32.0. The molecule has 0 saturated carbocycles. The van der Waals surface area contributed by atoms with E-state index in [-0.39, 0.29) is 0 Å². The summed E-state index contributed by atoms with van der Waals surface area (Å²) < 4.78 is 7.86. The van der Waals surface area contributed by atoms with Gasteiger partial charge in [-0.05, 0) is 135 Å². The SMILES string of the molecule is NC(=O)c1c(-c2ccc(Oc3ccccc3)cc2)nn2c1Nc1cc(C3CCN(CC4CCN(c5ccc(N)cc5)CC4)CC3)ccc1CC2. The maximum absolute atomic E-state index is 12.9. The average Bonchev–Trinajstić information content (AvgIpc) is 3.41. The quantitative estimate of drug-likeness (QED) is 0.148. The lowest BCUT2D eigenvalue weighted by Crippen LogP contribution is -2.41. The number of rotatable bonds is 8. The first-order valence-corrected chi connectivity index (χ1v) is 17.9. The summed E-state index contributed by atoms with van der Waals surface area (Å²) in [7, 11) is 0. The van der Waals surface area contributed by atoms with E-state index in [2.05, 4.69) is 45.4 Å². The summed E-state index contributed by atoms with van der Waals surface area (Å²) in [6, 6.07) is 32.4. The van der Waals surface area contributed by atoms with Crippen LogP contribution in [0.3, 0.4) is 0 Å². The van der Waals surface area contributed by atoms with Crippen LogP contribution in [-0.4, -0.2) is 53.3 Å². The number of piperidine rings is 2. The van der Waals surface area contributed by atoms with E-state index in [0.717, 1.165) is 74.0 Å². The third kappa shape index (κ3) is 6.78. The molecule has 0 atom stereocenters. The monoisotopic (exact) mass is 667 g/mol. The number of para-hydroxylation sites is 1. The summed E-state index contributed by atoms with van der Waals surface area (Å²) in [6.07, 6.45) is 5.60. The zero-order chi connectivity index (χ0) is 34.0. The van der Waals surface area contributed by atoms with Gasteiger partial charge in [0.1, 0.15) is 28.6 Å². The molecule has 5 N–H and O–H groups in total. The van der Waals surface area contributed by atoms with Gasteiger partial charge in [-0.2, -0.15) is 5.10 Å². The maximum atomic E-state index is 12.9. The zero-order valence-electron chi connectivity index (χ0n) is 28.4. The molecule has 1 aromatic heterocycles. The van der Waals surface area contributed by atoms with Crippen molar-refractivity contribution in [3.05, 3.63) is 114 Å². The number of nitrogens with one attached hydrogen (secondary N) is 1. The molecular weight excluding hydrogens is 622 g/mol. The predicted octanol–water partition coefficient (Wildman–Crippen LogP) is 7.42. The van der Waals surface area contributed by atoms with Crippen molar-refractivity contribution in [2.24, 2.45) is 11.7 Å². The van der Waals surface area contributed by atoms with E-state index < -0.39 is 5.91 Å². The highest BCUT2D eigenvalue weighted by Crippen LogP contribution is 2.38. The number of nitrogens with zero attached hydrogens (tertiary/aromatic N) is 4. The minimum absolute atomic E-state index is 0.410. The number of amides is 1. The van der Waals surface area contributed by atoms with Crippen LogP contribution in [0.5, 0.6) is 11.5 Å². The van der Waals surface area contributed by atoms with Gasteiger partial charge in [0.05, 0.1) is 0 Å². The number of likely N-dealkylation sites (tertiary alicyclic amines) is 1. The number of anilines is 4. The second-order valence-corrected chi connectivity index (χ2v) is 14.0. The van der Waals surface area contributed by atoms with Crippen molar-refractivity contribution in [1.29, 1.82) is 0 Å². The molecule has 2 fully saturated rings. The van der Waals surface area contributed by atoms with Crippen LogP contribution in [0.15, 0.2) is 97.1 Å². The first-order chi connectivity index (χ1) is 24.5. The molecule has 0 unspecified atom stereocenters. The van der Waals surface area contributed by atoms with Gasteiger partial charge in [0.25, 0.3) is 5.91 Å². The van der Waals surface area contributed by atoms with E-state index in [1.165, 1.54) is 36.2 Å². The fourth-order valence-corrected chi connectivity index (χ4v) is 7.90. The van der Waals surface area contributed by atoms with Crippen LogP contribution in [0.25, 0.3) is 11.3 Å². The van der Waals surface area contributed by atoms with Crippen molar-refractivity contribution in [1.82, 2.24) is 14.7 Å². The molecule has 256 valence electrons. The van der Waals surface area contributed by atoms with Crippen molar-refractivity contribution in [2.45, 2.75) is 44.6 Å². The normalized spacial score (nSPS) is 17.0. The summed E-state index contributed by atoms with van der Waals surface area (Å²) in [6.45, 7) is 6.33. The fourth-order valence-electron chi connectivity index (χ4n) is 7.90. The molecular formula is C41H45N7O2. The van der Waals surface area contributed by atoms with Gasteiger partial charge in [0.2, 0.25) is 0 Å². The number of hydrogen-bond acceptors (Lipinski definition) is 7. The molecule has 8 rings (SSSR count). The Morgan fingerprint density at radius 3 is 2.26 bits per heavy atom. The number of nitrogens with two attached hydrogens (primary N) is 2. The lowest BCUT2D eigenvalue weighted by molar-refractivity contribution is 0.100. The van der Waals surface area contributed by atoms with E-state index in [0.29, 0.717) is 35.3 Å². The Balaban J connectivity index is 0.914. The minimum Gasteiger partial charge on any atom is -0.457 e. The zero-order valence-corrected chi connectivity index (χ0v) is 28.4. The highest BCUT2D eigenvalue weighted by Gasteiger charge is 2.28. The van der Waals surface area contributed by atoms with Crippen molar-refractivity contribution in [3.63, 3.8) is 0 Å². The highest BCUT2D eigenvalue weighted by molar-refractivity contribution is 6.04. The number of aromatic nitrogens is 2. The summed E-state index contributed by atoms with van der Waals surface area (Å²) in [5.41, 5.74) is 19.4. The number of ether oxygens (including phenoxy) is 1. The van der Waals surface area contributed by atoms with Crippen LogP contribution in [0, 0.1) is 5.92 Å². The van der Waals surface area contributed by atoms with E-state index in [4.69, 9.17) is 21.3 Å². The van der Waals surface area contributed by atoms with E-state index in [1.54, 1.807) is 0 Å². The highest BCUT2D eigenvalue weighted by atomic mass is 16.5. The van der Waals surface area contributed by atoms with Gasteiger partial charge in [-0.3, -0.25) is 4.79 Å². The van der Waals surface area contributed by atoms with Crippen molar-refractivity contribution in [3.8, 4) is 22.8 Å². The Hall–Kier alpha value is -5.28. The smallest absolute Gasteiger partial charge is 0.254 e. The number of benzene rings is 4. The molecule has 4 aromatic carbocycles. The van der Waals surface area contributed by atoms with Gasteiger partial charge >= 0.3 is 0 Å². The molecule has 2 saturated heterocycles. The molecule has 0 spiro atoms. The molecule has 50 heavy (non-hydrogen) atoms. The number of primary amides is 1. The number of fused-ring (bicyclic) bond motifs is 2. The topological polar surface area (TPSA) is 115 Å². The van der Waals surface area contributed by atoms with Crippen LogP contribution in [0.2, 0.25) is 0 Å². The summed E-state index contributed by atoms with van der Waals surface area (Å²) in [5, 5.41) is 8.49. The fraction of sp³-hybridized carbons (Fsp3) is 0.317. The largest absolute Gasteiger partial charge is 0.457 e. The number of hydrogen-bond donors (Lipinski definition) is 3. The number of carbonyl (C=O) groups excluding carboxylic acids is 1. The Kier molecular flexibility index (Phi) is 8.89. The van der Waals surface area contributed by atoms with Gasteiger partial charge in [-0.1, -0.05) is 30.3 Å². The van der Waals surface area contributed by atoms with Crippen LogP contribution < -0.4 is 26.4 Å². The summed E-state index contributed by atoms with van der Waals surface area (Å²) in [5.74, 6) is 2.90. The molecule has 0 bridgehead atoms. The number of nitrogen functional groups attached to an aromatic ring is 1. The molecule has 3 aliphatic rings. The van der Waals surface area contributed by atoms with Gasteiger partial charge in [0, 0.05) is 48.8 Å². The molecule has 5 aromatic rings. The van der Waals surface area contributed by atoms with Gasteiger partial charge in [-0.25, -0.2) is 4.68 Å². The van der Waals surface area contributed by atoms with Crippen LogP contribution in [-0.2, 0) is 13.0 Å². The van der Waals surface area contributed by atoms with E-state index in [1.807, 2.05) is 71.4 Å². The molecule has 0 radical (unpaired) electrons. The molecule has 9 nitrogen and oxygen atoms in total. The van der Waals surface area contributed by atoms with Crippen LogP contribution in [0.1, 0.15) is 53.1 Å². The maximum Gasteiger partial charge on any atom is 0.254 e. The standard InChI is InChI=1S/C41H45N7O2/c42-33-10-12-34(13-11-33)47-23-16-28(17-24-47)27-46-21-18-29(19-22-46)32-7-6-30-20-25-48-41(44-37(30)26-32)38(40(43)49)39(45-48)31-8-14-36(15-9-31)50-35-4-2-1-3-5-35/h1-15,26,28-29,44H,16-25,27,42H2,(H2,43,49). The first-order valence-electron chi connectivity index (χ1n) is 17.9. The van der Waals surface area contributed by atoms with Gasteiger partial charge in [-0.15, -0.1) is 0 Å². The van der Waals surface area contributed by atoms with E-state index in [9.17, 15) is 4.79 Å². The van der Waals surface area contributed by atoms with Crippen molar-refractivity contribution < 1.29 is 9.53 Å². The Morgan fingerprint density at radius 1 is 0.820 bits per heavy atom. The predicted molar refractivity (Wildman–Crippen MR) is 200 cm³/mol. The Labute approximate surface area is 293 Å².